The summed E-state index contributed by atoms with van der Waals surface area (Å²) < 4.78 is 7.21. The van der Waals surface area contributed by atoms with E-state index in [0.29, 0.717) is 17.3 Å². The fourth-order valence-corrected chi connectivity index (χ4v) is 1.91. The van der Waals surface area contributed by atoms with E-state index in [-0.39, 0.29) is 0 Å². The summed E-state index contributed by atoms with van der Waals surface area (Å²) in [6.07, 6.45) is 3.58. The molecule has 3 rings (SSSR count). The fourth-order valence-electron chi connectivity index (χ4n) is 1.91. The molecule has 2 N–H and O–H groups in total. The van der Waals surface area contributed by atoms with Gasteiger partial charge in [0.2, 0.25) is 0 Å². The Hall–Kier alpha value is -2.43. The third-order valence-corrected chi connectivity index (χ3v) is 2.91. The third-order valence-electron chi connectivity index (χ3n) is 2.91. The molecule has 0 aliphatic heterocycles. The van der Waals surface area contributed by atoms with Crippen LogP contribution in [-0.2, 0) is 0 Å². The second-order valence-corrected chi connectivity index (χ2v) is 4.33. The van der Waals surface area contributed by atoms with Gasteiger partial charge in [0.25, 0.3) is 0 Å². The zero-order valence-electron chi connectivity index (χ0n) is 10.3. The predicted octanol–water partition coefficient (Wildman–Crippen LogP) is 2.24. The van der Waals surface area contributed by atoms with Gasteiger partial charge in [-0.05, 0) is 24.3 Å². The number of fused-ring (bicyclic) bond motifs is 1. The number of rotatable bonds is 2. The third kappa shape index (κ3) is 1.52. The van der Waals surface area contributed by atoms with Gasteiger partial charge < -0.3 is 15.1 Å². The number of imidazole rings is 1. The van der Waals surface area contributed by atoms with E-state index in [1.54, 1.807) is 6.26 Å². The molecule has 0 aromatic carbocycles. The largest absolute Gasteiger partial charge is 0.463 e. The second kappa shape index (κ2) is 3.80. The van der Waals surface area contributed by atoms with E-state index in [0.717, 1.165) is 11.3 Å². The number of anilines is 2. The van der Waals surface area contributed by atoms with E-state index in [1.165, 1.54) is 0 Å². The Morgan fingerprint density at radius 3 is 2.78 bits per heavy atom. The predicted molar refractivity (Wildman–Crippen MR) is 71.6 cm³/mol. The molecular formula is C13H14N4O. The van der Waals surface area contributed by atoms with Crippen molar-refractivity contribution in [2.75, 3.05) is 24.7 Å². The molecule has 0 fully saturated rings. The van der Waals surface area contributed by atoms with Crippen LogP contribution < -0.4 is 10.6 Å². The molecule has 0 aliphatic rings. The zero-order chi connectivity index (χ0) is 12.7. The molecule has 5 nitrogen and oxygen atoms in total. The molecule has 92 valence electrons. The summed E-state index contributed by atoms with van der Waals surface area (Å²) in [5, 5.41) is 0. The summed E-state index contributed by atoms with van der Waals surface area (Å²) in [5.41, 5.74) is 8.67. The van der Waals surface area contributed by atoms with Crippen molar-refractivity contribution in [3.63, 3.8) is 0 Å². The minimum atomic E-state index is 0.587. The van der Waals surface area contributed by atoms with Gasteiger partial charge >= 0.3 is 0 Å². The molecule has 18 heavy (non-hydrogen) atoms. The van der Waals surface area contributed by atoms with Crippen LogP contribution in [0, 0.1) is 0 Å². The van der Waals surface area contributed by atoms with E-state index in [1.807, 2.05) is 53.9 Å². The smallest absolute Gasteiger partial charge is 0.156 e. The van der Waals surface area contributed by atoms with Crippen molar-refractivity contribution in [3.05, 3.63) is 36.7 Å². The molecule has 3 aromatic heterocycles. The summed E-state index contributed by atoms with van der Waals surface area (Å²) in [6, 6.07) is 7.63. The van der Waals surface area contributed by atoms with E-state index in [9.17, 15) is 0 Å². The number of nitrogens with two attached hydrogens (primary N) is 1. The second-order valence-electron chi connectivity index (χ2n) is 4.33. The van der Waals surface area contributed by atoms with Crippen LogP contribution in [-0.4, -0.2) is 23.5 Å². The van der Waals surface area contributed by atoms with Gasteiger partial charge in [0, 0.05) is 20.3 Å². The van der Waals surface area contributed by atoms with Gasteiger partial charge in [-0.3, -0.25) is 4.40 Å². The molecule has 0 bridgehead atoms. The number of aromatic nitrogens is 2. The van der Waals surface area contributed by atoms with Gasteiger partial charge in [-0.2, -0.15) is 0 Å². The molecular weight excluding hydrogens is 228 g/mol. The molecule has 0 saturated carbocycles. The van der Waals surface area contributed by atoms with Crippen molar-refractivity contribution in [1.82, 2.24) is 9.38 Å². The highest BCUT2D eigenvalue weighted by molar-refractivity contribution is 5.72. The number of nitrogens with zero attached hydrogens (tertiary/aromatic N) is 3. The number of furan rings is 1. The maximum atomic E-state index is 6.12. The van der Waals surface area contributed by atoms with Crippen molar-refractivity contribution in [1.29, 1.82) is 0 Å². The molecule has 0 saturated heterocycles. The van der Waals surface area contributed by atoms with Gasteiger partial charge in [-0.15, -0.1) is 0 Å². The molecule has 5 heteroatoms. The van der Waals surface area contributed by atoms with Crippen LogP contribution >= 0.6 is 0 Å². The Labute approximate surface area is 104 Å². The van der Waals surface area contributed by atoms with Gasteiger partial charge in [0.05, 0.1) is 12.0 Å². The Morgan fingerprint density at radius 1 is 1.28 bits per heavy atom. The first kappa shape index (κ1) is 10.7. The average Bonchev–Trinajstić information content (AvgIpc) is 2.97. The highest BCUT2D eigenvalue weighted by Gasteiger charge is 2.13. The lowest BCUT2D eigenvalue weighted by Crippen LogP contribution is -2.09. The molecule has 0 aliphatic carbocycles. The Balaban J connectivity index is 2.22. The molecule has 0 atom stereocenters. The maximum absolute atomic E-state index is 6.12. The van der Waals surface area contributed by atoms with Gasteiger partial charge in [0.1, 0.15) is 17.2 Å². The first-order valence-electron chi connectivity index (χ1n) is 5.65. The molecule has 0 radical (unpaired) electrons. The standard InChI is InChI=1S/C13H14N4O/c1-16(2)9-5-6-11-15-12(10-4-3-7-18-10)13(14)17(11)8-9/h3-8H,14H2,1-2H3. The first-order chi connectivity index (χ1) is 8.66. The SMILES string of the molecule is CN(C)c1ccc2nc(-c3ccco3)c(N)n2c1. The number of hydrogen-bond acceptors (Lipinski definition) is 4. The lowest BCUT2D eigenvalue weighted by molar-refractivity contribution is 0.581. The quantitative estimate of drug-likeness (QED) is 0.748. The van der Waals surface area contributed by atoms with Crippen LogP contribution in [0.4, 0.5) is 11.5 Å². The van der Waals surface area contributed by atoms with E-state index >= 15 is 0 Å². The summed E-state index contributed by atoms with van der Waals surface area (Å²) in [7, 11) is 3.98. The van der Waals surface area contributed by atoms with Crippen molar-refractivity contribution in [3.8, 4) is 11.5 Å². The van der Waals surface area contributed by atoms with Gasteiger partial charge in [0.15, 0.2) is 5.76 Å². The lowest BCUT2D eigenvalue weighted by atomic mass is 10.3. The summed E-state index contributed by atoms with van der Waals surface area (Å²) >= 11 is 0. The Morgan fingerprint density at radius 2 is 2.11 bits per heavy atom. The van der Waals surface area contributed by atoms with E-state index < -0.39 is 0 Å². The molecule has 0 unspecified atom stereocenters. The lowest BCUT2D eigenvalue weighted by Gasteiger charge is -2.12. The van der Waals surface area contributed by atoms with Gasteiger partial charge in [-0.1, -0.05) is 0 Å². The fraction of sp³-hybridized carbons (Fsp3) is 0.154. The molecule has 0 spiro atoms. The maximum Gasteiger partial charge on any atom is 0.156 e. The Kier molecular flexibility index (Phi) is 2.26. The van der Waals surface area contributed by atoms with Crippen molar-refractivity contribution in [2.45, 2.75) is 0 Å². The Bertz CT molecular complexity index is 682. The highest BCUT2D eigenvalue weighted by atomic mass is 16.3. The number of hydrogen-bond donors (Lipinski definition) is 1. The topological polar surface area (TPSA) is 59.7 Å². The van der Waals surface area contributed by atoms with Crippen LogP contribution in [0.5, 0.6) is 0 Å². The summed E-state index contributed by atoms with van der Waals surface area (Å²) in [5.74, 6) is 1.27. The normalized spacial score (nSPS) is 11.0. The van der Waals surface area contributed by atoms with Crippen molar-refractivity contribution < 1.29 is 4.42 Å². The van der Waals surface area contributed by atoms with Crippen molar-refractivity contribution in [2.24, 2.45) is 0 Å². The van der Waals surface area contributed by atoms with E-state index in [2.05, 4.69) is 4.98 Å². The minimum Gasteiger partial charge on any atom is -0.463 e. The van der Waals surface area contributed by atoms with Crippen LogP contribution in [0.3, 0.4) is 0 Å². The van der Waals surface area contributed by atoms with E-state index in [4.69, 9.17) is 10.2 Å². The summed E-state index contributed by atoms with van der Waals surface area (Å²) in [6.45, 7) is 0. The minimum absolute atomic E-state index is 0.587. The van der Waals surface area contributed by atoms with Crippen LogP contribution in [0.25, 0.3) is 17.1 Å². The highest BCUT2D eigenvalue weighted by Crippen LogP contribution is 2.27. The monoisotopic (exact) mass is 242 g/mol. The number of nitrogen functional groups attached to an aromatic ring is 1. The molecule has 0 amide bonds. The first-order valence-corrected chi connectivity index (χ1v) is 5.65. The van der Waals surface area contributed by atoms with Crippen LogP contribution in [0.2, 0.25) is 0 Å². The van der Waals surface area contributed by atoms with Gasteiger partial charge in [-0.25, -0.2) is 4.98 Å². The summed E-state index contributed by atoms with van der Waals surface area (Å²) in [4.78, 5) is 6.50. The zero-order valence-corrected chi connectivity index (χ0v) is 10.3. The van der Waals surface area contributed by atoms with Crippen LogP contribution in [0.1, 0.15) is 0 Å². The average molecular weight is 242 g/mol. The number of pyridine rings is 1. The van der Waals surface area contributed by atoms with Crippen LogP contribution in [0.15, 0.2) is 41.1 Å². The molecule has 3 heterocycles. The molecule has 3 aromatic rings. The van der Waals surface area contributed by atoms with Crippen molar-refractivity contribution >= 4 is 17.2 Å².